The van der Waals surface area contributed by atoms with Gasteiger partial charge in [0.05, 0.1) is 0 Å². The number of carbonyl (C=O) groups excluding carboxylic acids is 1. The van der Waals surface area contributed by atoms with Crippen LogP contribution < -0.4 is 10.1 Å². The third-order valence-corrected chi connectivity index (χ3v) is 2.82. The van der Waals surface area contributed by atoms with Crippen LogP contribution in [0.5, 0.6) is 5.75 Å². The highest BCUT2D eigenvalue weighted by Gasteiger charge is 2.32. The fourth-order valence-electron chi connectivity index (χ4n) is 1.99. The van der Waals surface area contributed by atoms with Crippen molar-refractivity contribution in [3.63, 3.8) is 0 Å². The normalized spacial score (nSPS) is 11.1. The molecule has 0 atom stereocenters. The van der Waals surface area contributed by atoms with Crippen molar-refractivity contribution in [1.29, 1.82) is 0 Å². The van der Waals surface area contributed by atoms with Crippen molar-refractivity contribution in [3.8, 4) is 16.9 Å². The van der Waals surface area contributed by atoms with Crippen LogP contribution in [0.15, 0.2) is 36.5 Å². The van der Waals surface area contributed by atoms with Gasteiger partial charge in [-0.3, -0.25) is 4.79 Å². The number of aromatic nitrogens is 1. The SMILES string of the molecule is CC(=O)Nc1cc(C)c(-c2ccccc2OC(F)(F)F)cn1. The van der Waals surface area contributed by atoms with Crippen molar-refractivity contribution in [1.82, 2.24) is 4.98 Å². The van der Waals surface area contributed by atoms with Crippen LogP contribution >= 0.6 is 0 Å². The minimum Gasteiger partial charge on any atom is -0.405 e. The molecule has 7 heteroatoms. The number of halogens is 3. The molecule has 116 valence electrons. The lowest BCUT2D eigenvalue weighted by molar-refractivity contribution is -0.274. The van der Waals surface area contributed by atoms with E-state index in [1.54, 1.807) is 19.1 Å². The Morgan fingerprint density at radius 1 is 1.23 bits per heavy atom. The zero-order valence-corrected chi connectivity index (χ0v) is 11.9. The predicted octanol–water partition coefficient (Wildman–Crippen LogP) is 3.91. The molecule has 0 spiro atoms. The average molecular weight is 310 g/mol. The second kappa shape index (κ2) is 6.05. The third-order valence-electron chi connectivity index (χ3n) is 2.82. The molecule has 0 fully saturated rings. The predicted molar refractivity (Wildman–Crippen MR) is 75.4 cm³/mol. The molecule has 1 N–H and O–H groups in total. The molecule has 0 aliphatic carbocycles. The van der Waals surface area contributed by atoms with Crippen LogP contribution in [0.1, 0.15) is 12.5 Å². The molecule has 1 aromatic carbocycles. The quantitative estimate of drug-likeness (QED) is 0.935. The molecule has 0 saturated carbocycles. The lowest BCUT2D eigenvalue weighted by Crippen LogP contribution is -2.17. The molecular formula is C15H13F3N2O2. The molecule has 1 heterocycles. The van der Waals surface area contributed by atoms with Gasteiger partial charge in [0.25, 0.3) is 0 Å². The van der Waals surface area contributed by atoms with Gasteiger partial charge >= 0.3 is 6.36 Å². The van der Waals surface area contributed by atoms with Crippen molar-refractivity contribution < 1.29 is 22.7 Å². The van der Waals surface area contributed by atoms with Gasteiger partial charge in [0.15, 0.2) is 0 Å². The molecule has 0 aliphatic rings. The first-order valence-corrected chi connectivity index (χ1v) is 6.35. The Balaban J connectivity index is 2.42. The maximum atomic E-state index is 12.5. The Labute approximate surface area is 124 Å². The second-order valence-electron chi connectivity index (χ2n) is 4.61. The smallest absolute Gasteiger partial charge is 0.405 e. The van der Waals surface area contributed by atoms with Crippen LogP contribution in [-0.2, 0) is 4.79 Å². The maximum absolute atomic E-state index is 12.5. The van der Waals surface area contributed by atoms with E-state index in [1.165, 1.54) is 31.3 Å². The van der Waals surface area contributed by atoms with E-state index in [0.29, 0.717) is 16.9 Å². The zero-order chi connectivity index (χ0) is 16.3. The highest BCUT2D eigenvalue weighted by atomic mass is 19.4. The number of alkyl halides is 3. The minimum atomic E-state index is -4.77. The number of nitrogens with zero attached hydrogens (tertiary/aromatic N) is 1. The number of ether oxygens (including phenoxy) is 1. The molecule has 4 nitrogen and oxygen atoms in total. The van der Waals surface area contributed by atoms with Gasteiger partial charge in [-0.1, -0.05) is 18.2 Å². The fraction of sp³-hybridized carbons (Fsp3) is 0.200. The van der Waals surface area contributed by atoms with Crippen molar-refractivity contribution >= 4 is 11.7 Å². The maximum Gasteiger partial charge on any atom is 0.573 e. The van der Waals surface area contributed by atoms with Gasteiger partial charge in [-0.2, -0.15) is 0 Å². The summed E-state index contributed by atoms with van der Waals surface area (Å²) < 4.78 is 41.4. The van der Waals surface area contributed by atoms with Gasteiger partial charge in [0.2, 0.25) is 5.91 Å². The Morgan fingerprint density at radius 3 is 2.50 bits per heavy atom. The number of anilines is 1. The van der Waals surface area contributed by atoms with Crippen LogP contribution in [0.4, 0.5) is 19.0 Å². The molecule has 22 heavy (non-hydrogen) atoms. The third kappa shape index (κ3) is 3.97. The molecular weight excluding hydrogens is 297 g/mol. The van der Waals surface area contributed by atoms with Crippen LogP contribution in [0.3, 0.4) is 0 Å². The molecule has 0 radical (unpaired) electrons. The summed E-state index contributed by atoms with van der Waals surface area (Å²) in [6, 6.07) is 7.41. The lowest BCUT2D eigenvalue weighted by atomic mass is 10.0. The van der Waals surface area contributed by atoms with Crippen molar-refractivity contribution in [2.75, 3.05) is 5.32 Å². The molecule has 0 unspecified atom stereocenters. The molecule has 0 bridgehead atoms. The Kier molecular flexibility index (Phi) is 4.35. The van der Waals surface area contributed by atoms with Gasteiger partial charge in [0.1, 0.15) is 11.6 Å². The van der Waals surface area contributed by atoms with E-state index >= 15 is 0 Å². The highest BCUT2D eigenvalue weighted by molar-refractivity contribution is 5.88. The Morgan fingerprint density at radius 2 is 1.91 bits per heavy atom. The molecule has 2 rings (SSSR count). The van der Waals surface area contributed by atoms with Crippen LogP contribution in [0.25, 0.3) is 11.1 Å². The summed E-state index contributed by atoms with van der Waals surface area (Å²) in [6.45, 7) is 3.06. The standard InChI is InChI=1S/C15H13F3N2O2/c1-9-7-14(20-10(2)21)19-8-12(9)11-5-3-4-6-13(11)22-15(16,17)18/h3-8H,1-2H3,(H,19,20,21). The summed E-state index contributed by atoms with van der Waals surface area (Å²) in [5.41, 5.74) is 1.44. The number of amides is 1. The van der Waals surface area contributed by atoms with E-state index in [0.717, 1.165) is 0 Å². The van der Waals surface area contributed by atoms with E-state index in [4.69, 9.17) is 0 Å². The molecule has 0 saturated heterocycles. The van der Waals surface area contributed by atoms with Gasteiger partial charge in [-0.15, -0.1) is 13.2 Å². The van der Waals surface area contributed by atoms with Crippen molar-refractivity contribution in [2.24, 2.45) is 0 Å². The monoisotopic (exact) mass is 310 g/mol. The van der Waals surface area contributed by atoms with Gasteiger partial charge in [-0.05, 0) is 24.6 Å². The number of benzene rings is 1. The summed E-state index contributed by atoms with van der Waals surface area (Å²) >= 11 is 0. The first-order chi connectivity index (χ1) is 10.3. The molecule has 1 aromatic heterocycles. The first kappa shape index (κ1) is 15.8. The van der Waals surface area contributed by atoms with Gasteiger partial charge < -0.3 is 10.1 Å². The van der Waals surface area contributed by atoms with Crippen LogP contribution in [-0.4, -0.2) is 17.3 Å². The van der Waals surface area contributed by atoms with Gasteiger partial charge in [0, 0.05) is 24.2 Å². The highest BCUT2D eigenvalue weighted by Crippen LogP contribution is 2.35. The summed E-state index contributed by atoms with van der Waals surface area (Å²) in [4.78, 5) is 15.0. The zero-order valence-electron chi connectivity index (χ0n) is 11.9. The number of pyridine rings is 1. The van der Waals surface area contributed by atoms with Crippen LogP contribution in [0, 0.1) is 6.92 Å². The number of aryl methyl sites for hydroxylation is 1. The number of carbonyl (C=O) groups is 1. The fourth-order valence-corrected chi connectivity index (χ4v) is 1.99. The molecule has 1 amide bonds. The number of nitrogens with one attached hydrogen (secondary N) is 1. The Bertz CT molecular complexity index is 699. The summed E-state index contributed by atoms with van der Waals surface area (Å²) in [7, 11) is 0. The summed E-state index contributed by atoms with van der Waals surface area (Å²) in [6.07, 6.45) is -3.37. The molecule has 0 aliphatic heterocycles. The van der Waals surface area contributed by atoms with E-state index in [-0.39, 0.29) is 17.2 Å². The second-order valence-corrected chi connectivity index (χ2v) is 4.61. The lowest BCUT2D eigenvalue weighted by Gasteiger charge is -2.15. The number of rotatable bonds is 3. The first-order valence-electron chi connectivity index (χ1n) is 6.35. The van der Waals surface area contributed by atoms with E-state index in [9.17, 15) is 18.0 Å². The van der Waals surface area contributed by atoms with Gasteiger partial charge in [-0.25, -0.2) is 4.98 Å². The van der Waals surface area contributed by atoms with E-state index in [2.05, 4.69) is 15.0 Å². The summed E-state index contributed by atoms with van der Waals surface area (Å²) in [5.74, 6) is -0.240. The Hall–Kier alpha value is -2.57. The molecule has 2 aromatic rings. The minimum absolute atomic E-state index is 0.277. The topological polar surface area (TPSA) is 51.2 Å². The largest absolute Gasteiger partial charge is 0.573 e. The van der Waals surface area contributed by atoms with Crippen molar-refractivity contribution in [2.45, 2.75) is 20.2 Å². The number of para-hydroxylation sites is 1. The number of hydrogen-bond acceptors (Lipinski definition) is 3. The average Bonchev–Trinajstić information content (AvgIpc) is 2.37. The van der Waals surface area contributed by atoms with Crippen LogP contribution in [0.2, 0.25) is 0 Å². The van der Waals surface area contributed by atoms with E-state index < -0.39 is 6.36 Å². The van der Waals surface area contributed by atoms with E-state index in [1.807, 2.05) is 0 Å². The number of hydrogen-bond donors (Lipinski definition) is 1. The summed E-state index contributed by atoms with van der Waals surface area (Å²) in [5, 5.41) is 2.52. The van der Waals surface area contributed by atoms with Crippen molar-refractivity contribution in [3.05, 3.63) is 42.1 Å².